The summed E-state index contributed by atoms with van der Waals surface area (Å²) < 4.78 is 5.24. The first-order valence-electron chi connectivity index (χ1n) is 7.98. The monoisotopic (exact) mass is 321 g/mol. The lowest BCUT2D eigenvalue weighted by Gasteiger charge is -2.14. The molecule has 122 valence electrons. The third-order valence-corrected chi connectivity index (χ3v) is 3.84. The molecule has 2 aromatic carbocycles. The molecule has 1 N–H and O–H groups in total. The molecule has 1 atom stereocenters. The Kier molecular flexibility index (Phi) is 5.01. The van der Waals surface area contributed by atoms with E-state index in [1.54, 1.807) is 0 Å². The summed E-state index contributed by atoms with van der Waals surface area (Å²) >= 11 is 0. The van der Waals surface area contributed by atoms with Crippen molar-refractivity contribution in [1.29, 1.82) is 0 Å². The highest BCUT2D eigenvalue weighted by molar-refractivity contribution is 5.83. The van der Waals surface area contributed by atoms with E-state index < -0.39 is 0 Å². The number of nitrogens with one attached hydrogen (secondary N) is 1. The van der Waals surface area contributed by atoms with Crippen LogP contribution in [0.5, 0.6) is 0 Å². The summed E-state index contributed by atoms with van der Waals surface area (Å²) in [6.07, 6.45) is 0.733. The fourth-order valence-electron chi connectivity index (χ4n) is 2.57. The molecule has 0 radical (unpaired) electrons. The van der Waals surface area contributed by atoms with Gasteiger partial charge in [-0.1, -0.05) is 60.6 Å². The van der Waals surface area contributed by atoms with E-state index >= 15 is 0 Å². The lowest BCUT2D eigenvalue weighted by Crippen LogP contribution is -2.29. The average molecular weight is 321 g/mol. The molecule has 0 fully saturated rings. The molecule has 1 heterocycles. The number of carbonyl (C=O) groups excluding carboxylic acids is 1. The van der Waals surface area contributed by atoms with Gasteiger partial charge in [-0.3, -0.25) is 4.79 Å². The Bertz CT molecular complexity index is 785. The first-order valence-corrected chi connectivity index (χ1v) is 7.98. The van der Waals surface area contributed by atoms with Gasteiger partial charge < -0.3 is 9.84 Å². The summed E-state index contributed by atoms with van der Waals surface area (Å²) in [6, 6.07) is 19.3. The zero-order valence-corrected chi connectivity index (χ0v) is 13.5. The molecule has 0 saturated heterocycles. The van der Waals surface area contributed by atoms with Crippen molar-refractivity contribution in [2.75, 3.05) is 0 Å². The Labute approximate surface area is 140 Å². The van der Waals surface area contributed by atoms with Crippen LogP contribution in [0.15, 0.2) is 65.2 Å². The Morgan fingerprint density at radius 2 is 1.75 bits per heavy atom. The van der Waals surface area contributed by atoms with Crippen LogP contribution in [-0.4, -0.2) is 16.0 Å². The molecule has 0 unspecified atom stereocenters. The van der Waals surface area contributed by atoms with Crippen molar-refractivity contribution < 1.29 is 9.32 Å². The summed E-state index contributed by atoms with van der Waals surface area (Å²) in [6.45, 7) is 2.25. The van der Waals surface area contributed by atoms with Crippen molar-refractivity contribution >= 4 is 5.91 Å². The standard InChI is InChI=1S/C19H19N3O2/c1-2-16(14-9-5-3-6-10-14)18(23)20-13-17-21-19(24-22-17)15-11-7-4-8-12-15/h3-12,16H,2,13H2,1H3,(H,20,23)/t16-/m0/s1. The van der Waals surface area contributed by atoms with E-state index in [9.17, 15) is 4.79 Å². The normalized spacial score (nSPS) is 11.9. The molecule has 0 saturated carbocycles. The van der Waals surface area contributed by atoms with E-state index in [1.165, 1.54) is 0 Å². The highest BCUT2D eigenvalue weighted by atomic mass is 16.5. The van der Waals surface area contributed by atoms with Crippen LogP contribution >= 0.6 is 0 Å². The van der Waals surface area contributed by atoms with Crippen LogP contribution < -0.4 is 5.32 Å². The van der Waals surface area contributed by atoms with Crippen molar-refractivity contribution in [2.45, 2.75) is 25.8 Å². The quantitative estimate of drug-likeness (QED) is 0.754. The topological polar surface area (TPSA) is 68.0 Å². The van der Waals surface area contributed by atoms with Crippen LogP contribution in [-0.2, 0) is 11.3 Å². The van der Waals surface area contributed by atoms with E-state index in [0.29, 0.717) is 11.7 Å². The Morgan fingerprint density at radius 3 is 2.42 bits per heavy atom. The lowest BCUT2D eigenvalue weighted by molar-refractivity contribution is -0.122. The molecular formula is C19H19N3O2. The van der Waals surface area contributed by atoms with E-state index in [4.69, 9.17) is 4.52 Å². The molecule has 24 heavy (non-hydrogen) atoms. The van der Waals surface area contributed by atoms with E-state index in [0.717, 1.165) is 17.5 Å². The van der Waals surface area contributed by atoms with Crippen LogP contribution in [0, 0.1) is 0 Å². The van der Waals surface area contributed by atoms with Gasteiger partial charge in [0.1, 0.15) is 0 Å². The predicted octanol–water partition coefficient (Wildman–Crippen LogP) is 3.55. The van der Waals surface area contributed by atoms with E-state index in [-0.39, 0.29) is 18.4 Å². The molecule has 3 rings (SSSR count). The molecule has 0 spiro atoms. The van der Waals surface area contributed by atoms with Gasteiger partial charge in [0, 0.05) is 5.56 Å². The van der Waals surface area contributed by atoms with Crippen LogP contribution in [0.1, 0.15) is 30.7 Å². The van der Waals surface area contributed by atoms with Crippen molar-refractivity contribution in [3.8, 4) is 11.5 Å². The molecule has 0 aliphatic rings. The van der Waals surface area contributed by atoms with Crippen LogP contribution in [0.2, 0.25) is 0 Å². The van der Waals surface area contributed by atoms with Crippen molar-refractivity contribution in [1.82, 2.24) is 15.5 Å². The number of rotatable bonds is 6. The Balaban J connectivity index is 1.63. The third-order valence-electron chi connectivity index (χ3n) is 3.84. The van der Waals surface area contributed by atoms with Gasteiger partial charge in [-0.05, 0) is 24.1 Å². The van der Waals surface area contributed by atoms with Gasteiger partial charge in [-0.2, -0.15) is 4.98 Å². The van der Waals surface area contributed by atoms with Crippen LogP contribution in [0.25, 0.3) is 11.5 Å². The lowest BCUT2D eigenvalue weighted by atomic mass is 9.96. The number of carbonyl (C=O) groups is 1. The van der Waals surface area contributed by atoms with Gasteiger partial charge in [0.15, 0.2) is 5.82 Å². The molecular weight excluding hydrogens is 302 g/mol. The van der Waals surface area contributed by atoms with Crippen molar-refractivity contribution in [3.63, 3.8) is 0 Å². The maximum Gasteiger partial charge on any atom is 0.257 e. The Morgan fingerprint density at radius 1 is 1.08 bits per heavy atom. The van der Waals surface area contributed by atoms with Crippen molar-refractivity contribution in [2.24, 2.45) is 0 Å². The van der Waals surface area contributed by atoms with E-state index in [1.807, 2.05) is 67.6 Å². The molecule has 0 aliphatic carbocycles. The summed E-state index contributed by atoms with van der Waals surface area (Å²) in [5, 5.41) is 6.81. The number of hydrogen-bond acceptors (Lipinski definition) is 4. The van der Waals surface area contributed by atoms with Gasteiger partial charge in [0.25, 0.3) is 5.89 Å². The second-order valence-corrected chi connectivity index (χ2v) is 5.47. The molecule has 1 amide bonds. The molecule has 1 aromatic heterocycles. The van der Waals surface area contributed by atoms with Gasteiger partial charge in [-0.25, -0.2) is 0 Å². The minimum Gasteiger partial charge on any atom is -0.348 e. The van der Waals surface area contributed by atoms with Crippen LogP contribution in [0.3, 0.4) is 0 Å². The number of aromatic nitrogens is 2. The highest BCUT2D eigenvalue weighted by Crippen LogP contribution is 2.20. The number of hydrogen-bond donors (Lipinski definition) is 1. The molecule has 5 heteroatoms. The van der Waals surface area contributed by atoms with Gasteiger partial charge in [0.05, 0.1) is 12.5 Å². The predicted molar refractivity (Wildman–Crippen MR) is 91.1 cm³/mol. The number of benzene rings is 2. The zero-order valence-electron chi connectivity index (χ0n) is 13.5. The zero-order chi connectivity index (χ0) is 16.8. The smallest absolute Gasteiger partial charge is 0.257 e. The molecule has 0 aliphatic heterocycles. The SMILES string of the molecule is CC[C@H](C(=O)NCc1noc(-c2ccccc2)n1)c1ccccc1. The maximum atomic E-state index is 12.4. The summed E-state index contributed by atoms with van der Waals surface area (Å²) in [5.74, 6) is 0.710. The third kappa shape index (κ3) is 3.68. The van der Waals surface area contributed by atoms with Gasteiger partial charge in [-0.15, -0.1) is 0 Å². The molecule has 0 bridgehead atoms. The van der Waals surface area contributed by atoms with Crippen LogP contribution in [0.4, 0.5) is 0 Å². The number of nitrogens with zero attached hydrogens (tertiary/aromatic N) is 2. The van der Waals surface area contributed by atoms with Gasteiger partial charge in [0.2, 0.25) is 5.91 Å². The first-order chi connectivity index (χ1) is 11.8. The fourth-order valence-corrected chi connectivity index (χ4v) is 2.57. The minimum atomic E-state index is -0.174. The fraction of sp³-hybridized carbons (Fsp3) is 0.211. The van der Waals surface area contributed by atoms with Crippen molar-refractivity contribution in [3.05, 3.63) is 72.1 Å². The summed E-state index contributed by atoms with van der Waals surface area (Å²) in [7, 11) is 0. The van der Waals surface area contributed by atoms with E-state index in [2.05, 4.69) is 15.5 Å². The molecule has 3 aromatic rings. The number of amides is 1. The molecule has 5 nitrogen and oxygen atoms in total. The Hall–Kier alpha value is -2.95. The summed E-state index contributed by atoms with van der Waals surface area (Å²) in [4.78, 5) is 16.7. The maximum absolute atomic E-state index is 12.4. The first kappa shape index (κ1) is 15.9. The summed E-state index contributed by atoms with van der Waals surface area (Å²) in [5.41, 5.74) is 1.87. The second kappa shape index (κ2) is 7.55. The average Bonchev–Trinajstić information content (AvgIpc) is 3.11. The largest absolute Gasteiger partial charge is 0.348 e. The minimum absolute atomic E-state index is 0.0326. The second-order valence-electron chi connectivity index (χ2n) is 5.47. The van der Waals surface area contributed by atoms with Gasteiger partial charge >= 0.3 is 0 Å². The highest BCUT2D eigenvalue weighted by Gasteiger charge is 2.19.